The molecule has 2 aliphatic carbocycles. The van der Waals surface area contributed by atoms with Gasteiger partial charge in [-0.1, -0.05) is 38.0 Å². The molecule has 1 aromatic rings. The fourth-order valence-corrected chi connectivity index (χ4v) is 7.70. The zero-order valence-corrected chi connectivity index (χ0v) is 29.0. The van der Waals surface area contributed by atoms with Gasteiger partial charge in [0, 0.05) is 18.9 Å². The lowest BCUT2D eigenvalue weighted by Gasteiger charge is -2.29. The number of sulfonamides is 1. The van der Waals surface area contributed by atoms with Gasteiger partial charge in [0.05, 0.1) is 24.6 Å². The van der Waals surface area contributed by atoms with Gasteiger partial charge in [0.25, 0.3) is 5.91 Å². The van der Waals surface area contributed by atoms with Gasteiger partial charge in [-0.3, -0.25) is 19.1 Å². The highest BCUT2D eigenvalue weighted by atomic mass is 32.2. The van der Waals surface area contributed by atoms with Gasteiger partial charge < -0.3 is 29.7 Å². The van der Waals surface area contributed by atoms with E-state index in [4.69, 9.17) is 9.47 Å². The summed E-state index contributed by atoms with van der Waals surface area (Å²) in [5.74, 6) is -3.26. The summed E-state index contributed by atoms with van der Waals surface area (Å²) in [6.45, 7) is 5.31. The van der Waals surface area contributed by atoms with Gasteiger partial charge in [-0.15, -0.1) is 19.8 Å². The normalized spacial score (nSPS) is 28.0. The van der Waals surface area contributed by atoms with Crippen LogP contribution in [0.5, 0.6) is 5.75 Å². The number of carbonyl (C=O) groups excluding carboxylic acids is 4. The van der Waals surface area contributed by atoms with Crippen LogP contribution in [0.1, 0.15) is 75.8 Å². The van der Waals surface area contributed by atoms with Crippen LogP contribution < -0.4 is 20.1 Å². The van der Waals surface area contributed by atoms with Crippen LogP contribution in [-0.4, -0.2) is 85.6 Å². The van der Waals surface area contributed by atoms with Gasteiger partial charge in [-0.2, -0.15) is 0 Å². The Morgan fingerprint density at radius 2 is 1.98 bits per heavy atom. The molecule has 5 atom stereocenters. The predicted molar refractivity (Wildman–Crippen MR) is 177 cm³/mol. The van der Waals surface area contributed by atoms with Crippen LogP contribution >= 0.6 is 0 Å². The van der Waals surface area contributed by atoms with E-state index in [1.165, 1.54) is 23.1 Å². The number of allylic oxidation sites excluding steroid dienone is 1. The number of halogens is 3. The molecule has 4 bridgehead atoms. The van der Waals surface area contributed by atoms with E-state index in [9.17, 15) is 40.8 Å². The van der Waals surface area contributed by atoms with E-state index in [-0.39, 0.29) is 39.0 Å². The fourth-order valence-electron chi connectivity index (χ4n) is 6.34. The van der Waals surface area contributed by atoms with Crippen LogP contribution in [0.2, 0.25) is 0 Å². The van der Waals surface area contributed by atoms with Crippen LogP contribution in [0.4, 0.5) is 18.0 Å². The molecule has 0 radical (unpaired) electrons. The number of benzene rings is 1. The van der Waals surface area contributed by atoms with Crippen molar-refractivity contribution >= 4 is 39.9 Å². The summed E-state index contributed by atoms with van der Waals surface area (Å²) in [5, 5.41) is 4.64. The number of nitrogens with zero attached hydrogens (tertiary/aromatic N) is 1. The van der Waals surface area contributed by atoms with Crippen molar-refractivity contribution in [3.8, 4) is 5.75 Å². The van der Waals surface area contributed by atoms with Crippen molar-refractivity contribution in [1.82, 2.24) is 20.3 Å². The predicted octanol–water partition coefficient (Wildman–Crippen LogP) is 3.83. The van der Waals surface area contributed by atoms with Crippen LogP contribution in [0, 0.1) is 5.92 Å². The Morgan fingerprint density at radius 3 is 2.65 bits per heavy atom. The number of alkyl carbamates (subject to hydrolysis) is 1. The number of carbonyl (C=O) groups is 4. The maximum Gasteiger partial charge on any atom is 0.573 e. The van der Waals surface area contributed by atoms with E-state index in [0.29, 0.717) is 49.7 Å². The molecule has 0 aromatic heterocycles. The van der Waals surface area contributed by atoms with Crippen molar-refractivity contribution in [3.63, 3.8) is 0 Å². The first kappa shape index (κ1) is 38.1. The van der Waals surface area contributed by atoms with Gasteiger partial charge in [-0.05, 0) is 67.9 Å². The third-order valence-corrected chi connectivity index (χ3v) is 11.1. The number of hydrogen-bond acceptors (Lipinski definition) is 9. The largest absolute Gasteiger partial charge is 0.573 e. The summed E-state index contributed by atoms with van der Waals surface area (Å²) >= 11 is 0. The monoisotopic (exact) mass is 740 g/mol. The second-order valence-electron chi connectivity index (χ2n) is 13.3. The summed E-state index contributed by atoms with van der Waals surface area (Å²) in [6, 6.07) is 1.76. The number of hydrogen-bond donors (Lipinski definition) is 3. The average Bonchev–Trinajstić information content (AvgIpc) is 3.98. The number of ether oxygens (including phenoxy) is 3. The number of fused-ring (bicyclic) bond motifs is 4. The minimum absolute atomic E-state index is 0.00305. The topological polar surface area (TPSA) is 169 Å². The molecule has 280 valence electrons. The molecule has 2 aliphatic heterocycles. The first-order valence-corrected chi connectivity index (χ1v) is 18.6. The van der Waals surface area contributed by atoms with E-state index < -0.39 is 80.8 Å². The number of nitrogens with one attached hydrogen (secondary N) is 3. The average molecular weight is 741 g/mol. The molecule has 2 heterocycles. The first-order chi connectivity index (χ1) is 24.1. The fraction of sp³-hybridized carbons (Fsp3) is 0.588. The number of amides is 4. The Morgan fingerprint density at radius 1 is 1.22 bits per heavy atom. The molecule has 1 saturated heterocycles. The van der Waals surface area contributed by atoms with E-state index in [1.54, 1.807) is 18.2 Å². The maximum atomic E-state index is 14.1. The van der Waals surface area contributed by atoms with E-state index in [2.05, 4.69) is 26.7 Å². The summed E-state index contributed by atoms with van der Waals surface area (Å²) in [5.41, 5.74) is -0.852. The summed E-state index contributed by atoms with van der Waals surface area (Å²) in [6.07, 6.45) is 1.43. The number of unbranched alkanes of at least 4 members (excludes halogenated alkanes) is 1. The van der Waals surface area contributed by atoms with Crippen LogP contribution in [0.3, 0.4) is 0 Å². The van der Waals surface area contributed by atoms with Crippen LogP contribution in [0.25, 0.3) is 6.08 Å². The highest BCUT2D eigenvalue weighted by Crippen LogP contribution is 2.45. The highest BCUT2D eigenvalue weighted by molar-refractivity contribution is 7.91. The molecule has 51 heavy (non-hydrogen) atoms. The van der Waals surface area contributed by atoms with Crippen molar-refractivity contribution < 1.29 is 55.0 Å². The smallest absolute Gasteiger partial charge is 0.450 e. The third kappa shape index (κ3) is 9.81. The molecule has 17 heteroatoms. The Kier molecular flexibility index (Phi) is 11.7. The Balaban J connectivity index is 1.42. The van der Waals surface area contributed by atoms with E-state index in [1.807, 2.05) is 6.92 Å². The van der Waals surface area contributed by atoms with Gasteiger partial charge in [-0.25, -0.2) is 13.2 Å². The molecular formula is C34H43F3N4O9S. The quantitative estimate of drug-likeness (QED) is 0.302. The zero-order valence-electron chi connectivity index (χ0n) is 28.2. The lowest BCUT2D eigenvalue weighted by Crippen LogP contribution is -2.58. The summed E-state index contributed by atoms with van der Waals surface area (Å²) in [4.78, 5) is 55.5. The number of alkyl halides is 3. The zero-order chi connectivity index (χ0) is 37.0. The lowest BCUT2D eigenvalue weighted by atomic mass is 10.1. The molecule has 3 N–H and O–H groups in total. The highest BCUT2D eigenvalue weighted by Gasteiger charge is 2.62. The molecule has 13 nitrogen and oxygen atoms in total. The molecule has 3 fully saturated rings. The van der Waals surface area contributed by atoms with Gasteiger partial charge in [0.2, 0.25) is 21.8 Å². The Bertz CT molecular complexity index is 1650. The molecule has 0 spiro atoms. The summed E-state index contributed by atoms with van der Waals surface area (Å²) < 4.78 is 82.2. The third-order valence-electron chi connectivity index (χ3n) is 9.30. The van der Waals surface area contributed by atoms with Crippen LogP contribution in [-0.2, 0) is 40.5 Å². The summed E-state index contributed by atoms with van der Waals surface area (Å²) in [7, 11) is -3.93. The molecule has 1 unspecified atom stereocenters. The minimum Gasteiger partial charge on any atom is -0.450 e. The van der Waals surface area contributed by atoms with Crippen molar-refractivity contribution in [2.24, 2.45) is 5.92 Å². The van der Waals surface area contributed by atoms with Gasteiger partial charge >= 0.3 is 12.5 Å². The molecule has 2 saturated carbocycles. The van der Waals surface area contributed by atoms with Crippen LogP contribution in [0.15, 0.2) is 36.9 Å². The van der Waals surface area contributed by atoms with Crippen molar-refractivity contribution in [1.29, 1.82) is 0 Å². The van der Waals surface area contributed by atoms with Crippen molar-refractivity contribution in [2.45, 2.75) is 107 Å². The maximum absolute atomic E-state index is 14.1. The van der Waals surface area contributed by atoms with Gasteiger partial charge in [0.15, 0.2) is 0 Å². The SMILES string of the molecule is C=CC1C[C@]1(NC(=O)[C@@H]1C[C@@H]2CN1C(=O)[C@H](CCCC)NC(=O)OCCC/C=C/c1cc(cc(OC(F)(F)F)c1)CO2)C(=O)NS(=O)(=O)C1CC1. The van der Waals surface area contributed by atoms with Crippen molar-refractivity contribution in [2.75, 3.05) is 13.2 Å². The number of cyclic esters (lactones) is 1. The molecule has 4 aliphatic rings. The molecular weight excluding hydrogens is 697 g/mol. The Hall–Kier alpha value is -4.12. The van der Waals surface area contributed by atoms with E-state index >= 15 is 0 Å². The standard InChI is InChI=1S/C34H43F3N4O9S/c1-3-5-10-27-30(43)41-19-25(17-28(41)29(42)39-33(18-23(33)4-2)31(44)40-51(46,47)26-11-12-26)49-20-22-14-21(15-24(16-22)50-34(35,36)37)9-7-6-8-13-48-32(45)38-27/h4,7,9,14-16,23,25-28H,2-3,5-6,8,10-13,17-20H2,1H3,(H,38,45)(H,39,42)(H,40,44)/b9-7+/t23?,25-,27+,28+,33-/m1/s1. The minimum atomic E-state index is -4.93. The van der Waals surface area contributed by atoms with E-state index in [0.717, 1.165) is 0 Å². The Labute approximate surface area is 294 Å². The second-order valence-corrected chi connectivity index (χ2v) is 15.3. The molecule has 1 aromatic carbocycles. The lowest BCUT2D eigenvalue weighted by molar-refractivity contribution is -0.274. The first-order valence-electron chi connectivity index (χ1n) is 17.1. The number of rotatable bonds is 10. The van der Waals surface area contributed by atoms with Crippen molar-refractivity contribution in [3.05, 3.63) is 48.1 Å². The molecule has 4 amide bonds. The van der Waals surface area contributed by atoms with Gasteiger partial charge in [0.1, 0.15) is 23.4 Å². The molecule has 5 rings (SSSR count). The second kappa shape index (κ2) is 15.6.